The van der Waals surface area contributed by atoms with E-state index in [0.29, 0.717) is 18.7 Å². The molecule has 0 unspecified atom stereocenters. The average Bonchev–Trinajstić information content (AvgIpc) is 2.71. The average molecular weight is 372 g/mol. The van der Waals surface area contributed by atoms with E-state index in [-0.39, 0.29) is 5.91 Å². The predicted molar refractivity (Wildman–Crippen MR) is 105 cm³/mol. The molecular formula is C19H25N5OS. The van der Waals surface area contributed by atoms with Crippen LogP contribution in [0.4, 0.5) is 5.82 Å². The molecule has 3 rings (SSSR count). The molecule has 2 heterocycles. The molecule has 1 aliphatic heterocycles. The van der Waals surface area contributed by atoms with Crippen molar-refractivity contribution in [2.45, 2.75) is 24.4 Å². The molecule has 0 bridgehead atoms. The minimum atomic E-state index is -0.0622. The first-order valence-corrected chi connectivity index (χ1v) is 10.1. The Bertz CT molecular complexity index is 691. The first-order valence-electron chi connectivity index (χ1n) is 9.06. The molecule has 0 aliphatic carbocycles. The summed E-state index contributed by atoms with van der Waals surface area (Å²) >= 11 is 1.68. The van der Waals surface area contributed by atoms with Crippen LogP contribution in [0, 0.1) is 0 Å². The van der Waals surface area contributed by atoms with Crippen molar-refractivity contribution >= 4 is 23.5 Å². The lowest BCUT2D eigenvalue weighted by Crippen LogP contribution is -2.29. The number of nitrogens with one attached hydrogen (secondary N) is 2. The Hall–Kier alpha value is -2.12. The molecule has 1 fully saturated rings. The van der Waals surface area contributed by atoms with Crippen LogP contribution in [-0.2, 0) is 0 Å². The molecular weight excluding hydrogens is 346 g/mol. The molecule has 0 radical (unpaired) electrons. The van der Waals surface area contributed by atoms with E-state index in [2.05, 4.69) is 25.5 Å². The van der Waals surface area contributed by atoms with E-state index in [1.807, 2.05) is 24.3 Å². The number of nitrogens with zero attached hydrogens (tertiary/aromatic N) is 3. The fourth-order valence-corrected chi connectivity index (χ4v) is 3.66. The van der Waals surface area contributed by atoms with Crippen molar-refractivity contribution in [2.24, 2.45) is 0 Å². The van der Waals surface area contributed by atoms with E-state index < -0.39 is 0 Å². The molecule has 1 aromatic carbocycles. The summed E-state index contributed by atoms with van der Waals surface area (Å²) in [4.78, 5) is 23.3. The smallest absolute Gasteiger partial charge is 0.251 e. The number of thioether (sulfide) groups is 1. The van der Waals surface area contributed by atoms with Gasteiger partial charge in [-0.05, 0) is 44.1 Å². The minimum absolute atomic E-state index is 0.0622. The molecule has 0 saturated carbocycles. The van der Waals surface area contributed by atoms with Crippen LogP contribution in [-0.4, -0.2) is 52.8 Å². The van der Waals surface area contributed by atoms with Crippen molar-refractivity contribution in [3.05, 3.63) is 48.2 Å². The summed E-state index contributed by atoms with van der Waals surface area (Å²) in [5, 5.41) is 6.92. The lowest BCUT2D eigenvalue weighted by atomic mass is 10.1. The summed E-state index contributed by atoms with van der Waals surface area (Å²) < 4.78 is 0. The van der Waals surface area contributed by atoms with Gasteiger partial charge in [0, 0.05) is 24.8 Å². The van der Waals surface area contributed by atoms with Gasteiger partial charge in [0.15, 0.2) is 5.16 Å². The van der Waals surface area contributed by atoms with Gasteiger partial charge in [0.05, 0.1) is 5.88 Å². The van der Waals surface area contributed by atoms with Crippen LogP contribution in [0.15, 0.2) is 47.8 Å². The maximum atomic E-state index is 12.0. The second-order valence-electron chi connectivity index (χ2n) is 6.23. The van der Waals surface area contributed by atoms with Crippen LogP contribution in [0.5, 0.6) is 0 Å². The molecule has 1 aliphatic rings. The standard InChI is InChI=1S/C19H25N5OS/c25-18(16-7-3-1-4-8-16)21-12-11-20-17-9-10-22-19(23-17)26-15-24-13-5-2-6-14-24/h1,3-4,7-10H,2,5-6,11-15H2,(H,21,25)(H,20,22,23). The van der Waals surface area contributed by atoms with E-state index >= 15 is 0 Å². The minimum Gasteiger partial charge on any atom is -0.368 e. The molecule has 138 valence electrons. The number of hydrogen-bond donors (Lipinski definition) is 2. The molecule has 0 atom stereocenters. The maximum absolute atomic E-state index is 12.0. The van der Waals surface area contributed by atoms with Gasteiger partial charge in [-0.15, -0.1) is 0 Å². The van der Waals surface area contributed by atoms with Crippen LogP contribution in [0.2, 0.25) is 0 Å². The first-order chi connectivity index (χ1) is 12.8. The molecule has 2 N–H and O–H groups in total. The Balaban J connectivity index is 1.38. The predicted octanol–water partition coefficient (Wildman–Crippen LogP) is 2.85. The van der Waals surface area contributed by atoms with Gasteiger partial charge in [-0.3, -0.25) is 9.69 Å². The van der Waals surface area contributed by atoms with E-state index in [9.17, 15) is 4.79 Å². The van der Waals surface area contributed by atoms with Crippen LogP contribution < -0.4 is 10.6 Å². The van der Waals surface area contributed by atoms with Crippen molar-refractivity contribution < 1.29 is 4.79 Å². The van der Waals surface area contributed by atoms with Crippen LogP contribution in [0.25, 0.3) is 0 Å². The number of hydrogen-bond acceptors (Lipinski definition) is 6. The van der Waals surface area contributed by atoms with E-state index in [1.165, 1.54) is 32.4 Å². The molecule has 2 aromatic rings. The Labute approximate surface area is 158 Å². The molecule has 0 spiro atoms. The topological polar surface area (TPSA) is 70.2 Å². The van der Waals surface area contributed by atoms with Gasteiger partial charge in [-0.2, -0.15) is 0 Å². The van der Waals surface area contributed by atoms with E-state index in [4.69, 9.17) is 0 Å². The Morgan fingerprint density at radius 3 is 2.69 bits per heavy atom. The number of benzene rings is 1. The van der Waals surface area contributed by atoms with E-state index in [0.717, 1.165) is 16.9 Å². The Morgan fingerprint density at radius 1 is 1.08 bits per heavy atom. The van der Waals surface area contributed by atoms with Gasteiger partial charge in [0.25, 0.3) is 5.91 Å². The number of rotatable bonds is 8. The van der Waals surface area contributed by atoms with Gasteiger partial charge in [0.2, 0.25) is 0 Å². The number of likely N-dealkylation sites (tertiary alicyclic amines) is 1. The van der Waals surface area contributed by atoms with Gasteiger partial charge < -0.3 is 10.6 Å². The molecule has 26 heavy (non-hydrogen) atoms. The third-order valence-electron chi connectivity index (χ3n) is 4.21. The summed E-state index contributed by atoms with van der Waals surface area (Å²) in [6.07, 6.45) is 5.70. The van der Waals surface area contributed by atoms with Gasteiger partial charge in [0.1, 0.15) is 5.82 Å². The van der Waals surface area contributed by atoms with Crippen molar-refractivity contribution in [2.75, 3.05) is 37.4 Å². The highest BCUT2D eigenvalue weighted by Gasteiger charge is 2.11. The van der Waals surface area contributed by atoms with Gasteiger partial charge in [-0.1, -0.05) is 36.4 Å². The van der Waals surface area contributed by atoms with Gasteiger partial charge in [-0.25, -0.2) is 9.97 Å². The summed E-state index contributed by atoms with van der Waals surface area (Å²) in [5.74, 6) is 1.67. The number of amides is 1. The van der Waals surface area contributed by atoms with Crippen molar-refractivity contribution in [3.63, 3.8) is 0 Å². The summed E-state index contributed by atoms with van der Waals surface area (Å²) in [7, 11) is 0. The lowest BCUT2D eigenvalue weighted by Gasteiger charge is -2.25. The second kappa shape index (κ2) is 10.1. The second-order valence-corrected chi connectivity index (χ2v) is 7.14. The Kier molecular flexibility index (Phi) is 7.27. The molecule has 1 aromatic heterocycles. The number of aromatic nitrogens is 2. The van der Waals surface area contributed by atoms with Gasteiger partial charge >= 0.3 is 0 Å². The zero-order valence-electron chi connectivity index (χ0n) is 14.9. The molecule has 6 nitrogen and oxygen atoms in total. The molecule has 7 heteroatoms. The Morgan fingerprint density at radius 2 is 1.88 bits per heavy atom. The van der Waals surface area contributed by atoms with Crippen LogP contribution in [0.3, 0.4) is 0 Å². The monoisotopic (exact) mass is 371 g/mol. The number of anilines is 1. The molecule has 1 saturated heterocycles. The van der Waals surface area contributed by atoms with Crippen LogP contribution in [0.1, 0.15) is 29.6 Å². The zero-order valence-corrected chi connectivity index (χ0v) is 15.7. The summed E-state index contributed by atoms with van der Waals surface area (Å²) in [6, 6.07) is 11.1. The highest BCUT2D eigenvalue weighted by atomic mass is 32.2. The number of carbonyl (C=O) groups is 1. The largest absolute Gasteiger partial charge is 0.368 e. The highest BCUT2D eigenvalue weighted by Crippen LogP contribution is 2.18. The zero-order chi connectivity index (χ0) is 18.0. The summed E-state index contributed by atoms with van der Waals surface area (Å²) in [5.41, 5.74) is 0.672. The SMILES string of the molecule is O=C(NCCNc1ccnc(SCN2CCCCC2)n1)c1ccccc1. The summed E-state index contributed by atoms with van der Waals surface area (Å²) in [6.45, 7) is 3.50. The normalized spacial score (nSPS) is 14.8. The lowest BCUT2D eigenvalue weighted by molar-refractivity contribution is 0.0955. The number of piperidine rings is 1. The van der Waals surface area contributed by atoms with Crippen LogP contribution >= 0.6 is 11.8 Å². The fourth-order valence-electron chi connectivity index (χ4n) is 2.80. The van der Waals surface area contributed by atoms with Crippen molar-refractivity contribution in [3.8, 4) is 0 Å². The quantitative estimate of drug-likeness (QED) is 0.422. The van der Waals surface area contributed by atoms with Crippen molar-refractivity contribution in [1.29, 1.82) is 0 Å². The maximum Gasteiger partial charge on any atom is 0.251 e. The first kappa shape index (κ1) is 18.7. The van der Waals surface area contributed by atoms with E-state index in [1.54, 1.807) is 30.1 Å². The molecule has 1 amide bonds. The highest BCUT2D eigenvalue weighted by molar-refractivity contribution is 7.99. The fraction of sp³-hybridized carbons (Fsp3) is 0.421. The third kappa shape index (κ3) is 6.00. The number of carbonyl (C=O) groups excluding carboxylic acids is 1. The van der Waals surface area contributed by atoms with Crippen molar-refractivity contribution in [1.82, 2.24) is 20.2 Å². The third-order valence-corrected chi connectivity index (χ3v) is 5.16.